The Morgan fingerprint density at radius 2 is 2.16 bits per heavy atom. The molecule has 0 spiro atoms. The molecule has 0 saturated carbocycles. The minimum Gasteiger partial charge on any atom is -0.378 e. The van der Waals surface area contributed by atoms with Gasteiger partial charge in [0.05, 0.1) is 18.2 Å². The smallest absolute Gasteiger partial charge is 0.251 e. The van der Waals surface area contributed by atoms with Gasteiger partial charge in [-0.2, -0.15) is 0 Å². The number of hydrogen-bond acceptors (Lipinski definition) is 3. The van der Waals surface area contributed by atoms with E-state index in [1.54, 1.807) is 18.2 Å². The predicted molar refractivity (Wildman–Crippen MR) is 80.9 cm³/mol. The van der Waals surface area contributed by atoms with Crippen LogP contribution in [0.4, 0.5) is 0 Å². The summed E-state index contributed by atoms with van der Waals surface area (Å²) in [6.07, 6.45) is 0. The van der Waals surface area contributed by atoms with Crippen LogP contribution in [0.5, 0.6) is 0 Å². The third kappa shape index (κ3) is 6.38. The van der Waals surface area contributed by atoms with E-state index in [0.29, 0.717) is 34.8 Å². The zero-order chi connectivity index (χ0) is 14.3. The molecule has 1 rings (SSSR count). The molecule has 0 unspecified atom stereocenters. The molecule has 0 bridgehead atoms. The van der Waals surface area contributed by atoms with Crippen LogP contribution in [0.15, 0.2) is 22.7 Å². The highest BCUT2D eigenvalue weighted by atomic mass is 79.9. The lowest BCUT2D eigenvalue weighted by molar-refractivity contribution is 0.0900. The first-order valence-electron chi connectivity index (χ1n) is 5.96. The van der Waals surface area contributed by atoms with Crippen LogP contribution in [0.3, 0.4) is 0 Å². The molecular formula is C13H18BrClN2O2. The molecule has 0 aliphatic carbocycles. The third-order valence-corrected chi connectivity index (χ3v) is 3.61. The maximum absolute atomic E-state index is 11.8. The first-order chi connectivity index (χ1) is 9.00. The molecule has 4 nitrogen and oxygen atoms in total. The van der Waals surface area contributed by atoms with Crippen molar-refractivity contribution in [2.45, 2.75) is 0 Å². The molecule has 0 aliphatic rings. The van der Waals surface area contributed by atoms with Crippen LogP contribution < -0.4 is 5.32 Å². The molecule has 6 heteroatoms. The summed E-state index contributed by atoms with van der Waals surface area (Å²) in [5.41, 5.74) is 0.574. The SMILES string of the molecule is CN(C)CCOCCNC(=O)c1ccc(Cl)c(Br)c1. The molecule has 0 fully saturated rings. The van der Waals surface area contributed by atoms with Crippen LogP contribution in [0.2, 0.25) is 5.02 Å². The second kappa shape index (κ2) is 8.53. The van der Waals surface area contributed by atoms with E-state index < -0.39 is 0 Å². The molecule has 1 aromatic carbocycles. The fraction of sp³-hybridized carbons (Fsp3) is 0.462. The first-order valence-corrected chi connectivity index (χ1v) is 7.13. The lowest BCUT2D eigenvalue weighted by Crippen LogP contribution is -2.28. The average Bonchev–Trinajstić information content (AvgIpc) is 2.36. The summed E-state index contributed by atoms with van der Waals surface area (Å²) in [5.74, 6) is -0.131. The van der Waals surface area contributed by atoms with Crippen molar-refractivity contribution in [2.75, 3.05) is 40.4 Å². The Morgan fingerprint density at radius 3 is 2.79 bits per heavy atom. The molecule has 19 heavy (non-hydrogen) atoms. The van der Waals surface area contributed by atoms with Gasteiger partial charge in [-0.3, -0.25) is 4.79 Å². The number of rotatable bonds is 7. The zero-order valence-corrected chi connectivity index (χ0v) is 13.4. The number of amides is 1. The molecule has 0 aliphatic heterocycles. The van der Waals surface area contributed by atoms with Crippen LogP contribution in [-0.4, -0.2) is 51.2 Å². The summed E-state index contributed by atoms with van der Waals surface area (Å²) in [6.45, 7) is 2.54. The topological polar surface area (TPSA) is 41.6 Å². The highest BCUT2D eigenvalue weighted by molar-refractivity contribution is 9.10. The molecular weight excluding hydrogens is 332 g/mol. The Hall–Kier alpha value is -0.620. The van der Waals surface area contributed by atoms with E-state index in [0.717, 1.165) is 6.54 Å². The lowest BCUT2D eigenvalue weighted by atomic mass is 10.2. The number of hydrogen-bond donors (Lipinski definition) is 1. The summed E-state index contributed by atoms with van der Waals surface area (Å²) in [4.78, 5) is 13.9. The molecule has 1 N–H and O–H groups in total. The van der Waals surface area contributed by atoms with Crippen molar-refractivity contribution < 1.29 is 9.53 Å². The number of carbonyl (C=O) groups excluding carboxylic acids is 1. The Labute approximate surface area is 127 Å². The Kier molecular flexibility index (Phi) is 7.38. The largest absolute Gasteiger partial charge is 0.378 e. The second-order valence-electron chi connectivity index (χ2n) is 4.30. The highest BCUT2D eigenvalue weighted by Crippen LogP contribution is 2.23. The number of ether oxygens (including phenoxy) is 1. The van der Waals surface area contributed by atoms with Crippen LogP contribution in [0.1, 0.15) is 10.4 Å². The highest BCUT2D eigenvalue weighted by Gasteiger charge is 2.06. The summed E-state index contributed by atoms with van der Waals surface area (Å²) in [6, 6.07) is 5.08. The molecule has 0 aromatic heterocycles. The van der Waals surface area contributed by atoms with Gasteiger partial charge in [0.25, 0.3) is 5.91 Å². The lowest BCUT2D eigenvalue weighted by Gasteiger charge is -2.10. The van der Waals surface area contributed by atoms with E-state index in [1.165, 1.54) is 0 Å². The quantitative estimate of drug-likeness (QED) is 0.769. The van der Waals surface area contributed by atoms with Crippen molar-refractivity contribution in [3.63, 3.8) is 0 Å². The van der Waals surface area contributed by atoms with Crippen molar-refractivity contribution in [2.24, 2.45) is 0 Å². The second-order valence-corrected chi connectivity index (χ2v) is 5.56. The van der Waals surface area contributed by atoms with Gasteiger partial charge in [-0.1, -0.05) is 11.6 Å². The van der Waals surface area contributed by atoms with Crippen LogP contribution in [-0.2, 0) is 4.74 Å². The van der Waals surface area contributed by atoms with E-state index in [-0.39, 0.29) is 5.91 Å². The maximum atomic E-state index is 11.8. The van der Waals surface area contributed by atoms with Gasteiger partial charge in [0.15, 0.2) is 0 Å². The standard InChI is InChI=1S/C13H18BrClN2O2/c1-17(2)6-8-19-7-5-16-13(18)10-3-4-12(15)11(14)9-10/h3-4,9H,5-8H2,1-2H3,(H,16,18). The van der Waals surface area contributed by atoms with Gasteiger partial charge in [-0.05, 0) is 48.2 Å². The normalized spacial score (nSPS) is 10.8. The van der Waals surface area contributed by atoms with Crippen LogP contribution >= 0.6 is 27.5 Å². The van der Waals surface area contributed by atoms with Crippen LogP contribution in [0, 0.1) is 0 Å². The van der Waals surface area contributed by atoms with Gasteiger partial charge in [0, 0.05) is 23.1 Å². The summed E-state index contributed by atoms with van der Waals surface area (Å²) in [7, 11) is 3.98. The van der Waals surface area contributed by atoms with Gasteiger partial charge < -0.3 is 15.0 Å². The fourth-order valence-electron chi connectivity index (χ4n) is 1.33. The van der Waals surface area contributed by atoms with E-state index >= 15 is 0 Å². The Bertz CT molecular complexity index is 427. The molecule has 0 saturated heterocycles. The Balaban J connectivity index is 2.26. The van der Waals surface area contributed by atoms with E-state index in [2.05, 4.69) is 21.2 Å². The van der Waals surface area contributed by atoms with Crippen molar-refractivity contribution in [1.82, 2.24) is 10.2 Å². The molecule has 106 valence electrons. The summed E-state index contributed by atoms with van der Waals surface area (Å²) >= 11 is 9.16. The third-order valence-electron chi connectivity index (χ3n) is 2.40. The van der Waals surface area contributed by atoms with E-state index in [9.17, 15) is 4.79 Å². The number of nitrogens with zero attached hydrogens (tertiary/aromatic N) is 1. The monoisotopic (exact) mass is 348 g/mol. The average molecular weight is 350 g/mol. The number of halogens is 2. The van der Waals surface area contributed by atoms with Crippen molar-refractivity contribution in [1.29, 1.82) is 0 Å². The number of likely N-dealkylation sites (N-methyl/N-ethyl adjacent to an activating group) is 1. The van der Waals surface area contributed by atoms with Gasteiger partial charge in [0.2, 0.25) is 0 Å². The fourth-order valence-corrected chi connectivity index (χ4v) is 1.82. The first kappa shape index (κ1) is 16.4. The van der Waals surface area contributed by atoms with Crippen LogP contribution in [0.25, 0.3) is 0 Å². The number of carbonyl (C=O) groups is 1. The Morgan fingerprint density at radius 1 is 1.42 bits per heavy atom. The molecule has 1 aromatic rings. The van der Waals surface area contributed by atoms with E-state index in [1.807, 2.05) is 19.0 Å². The summed E-state index contributed by atoms with van der Waals surface area (Å²) < 4.78 is 6.10. The van der Waals surface area contributed by atoms with Gasteiger partial charge >= 0.3 is 0 Å². The maximum Gasteiger partial charge on any atom is 0.251 e. The van der Waals surface area contributed by atoms with Gasteiger partial charge in [0.1, 0.15) is 0 Å². The molecule has 0 atom stereocenters. The van der Waals surface area contributed by atoms with E-state index in [4.69, 9.17) is 16.3 Å². The zero-order valence-electron chi connectivity index (χ0n) is 11.1. The van der Waals surface area contributed by atoms with Crippen molar-refractivity contribution in [3.05, 3.63) is 33.3 Å². The minimum absolute atomic E-state index is 0.131. The number of benzene rings is 1. The summed E-state index contributed by atoms with van der Waals surface area (Å²) in [5, 5.41) is 3.38. The molecule has 1 amide bonds. The number of nitrogens with one attached hydrogen (secondary N) is 1. The molecule has 0 heterocycles. The molecule has 0 radical (unpaired) electrons. The minimum atomic E-state index is -0.131. The van der Waals surface area contributed by atoms with Crippen molar-refractivity contribution in [3.8, 4) is 0 Å². The van der Waals surface area contributed by atoms with Crippen molar-refractivity contribution >= 4 is 33.4 Å². The van der Waals surface area contributed by atoms with Gasteiger partial charge in [-0.15, -0.1) is 0 Å². The van der Waals surface area contributed by atoms with Gasteiger partial charge in [-0.25, -0.2) is 0 Å². The predicted octanol–water partition coefficient (Wildman–Crippen LogP) is 2.41.